The predicted molar refractivity (Wildman–Crippen MR) is 134 cm³/mol. The molecule has 6 heteroatoms. The van der Waals surface area contributed by atoms with Crippen LogP contribution in [0.1, 0.15) is 43.7 Å². The van der Waals surface area contributed by atoms with Crippen molar-refractivity contribution in [3.63, 3.8) is 0 Å². The highest BCUT2D eigenvalue weighted by atomic mass is 19.1. The van der Waals surface area contributed by atoms with Gasteiger partial charge < -0.3 is 9.80 Å². The Balaban J connectivity index is 1.46. The zero-order valence-corrected chi connectivity index (χ0v) is 20.3. The minimum Gasteiger partial charge on any atom is -0.341 e. The molecule has 182 valence electrons. The van der Waals surface area contributed by atoms with Gasteiger partial charge in [-0.3, -0.25) is 14.6 Å². The number of amides is 2. The molecule has 2 aromatic carbocycles. The maximum Gasteiger partial charge on any atom is 0.233 e. The van der Waals surface area contributed by atoms with Crippen LogP contribution in [0.4, 0.5) is 4.39 Å². The number of carbonyl (C=O) groups excluding carboxylic acids is 2. The minimum absolute atomic E-state index is 0.0288. The second kappa shape index (κ2) is 9.76. The maximum atomic E-state index is 14.2. The van der Waals surface area contributed by atoms with Crippen LogP contribution in [0.15, 0.2) is 60.9 Å². The van der Waals surface area contributed by atoms with Gasteiger partial charge in [-0.05, 0) is 53.8 Å². The van der Waals surface area contributed by atoms with Gasteiger partial charge in [-0.1, -0.05) is 49.2 Å². The van der Waals surface area contributed by atoms with Gasteiger partial charge in [0.25, 0.3) is 0 Å². The molecular formula is C29H32FN3O2. The summed E-state index contributed by atoms with van der Waals surface area (Å²) < 4.78 is 14.2. The Bertz CT molecular complexity index is 1230. The molecule has 1 aliphatic carbocycles. The molecule has 1 aliphatic heterocycles. The molecule has 1 aromatic heterocycles. The molecule has 5 rings (SSSR count). The van der Waals surface area contributed by atoms with Crippen LogP contribution in [-0.4, -0.2) is 52.8 Å². The van der Waals surface area contributed by atoms with E-state index in [-0.39, 0.29) is 23.5 Å². The second-order valence-corrected chi connectivity index (χ2v) is 10.1. The number of hydrogen-bond acceptors (Lipinski definition) is 3. The molecule has 2 heterocycles. The first-order valence-corrected chi connectivity index (χ1v) is 12.6. The summed E-state index contributed by atoms with van der Waals surface area (Å²) in [6.45, 7) is 3.79. The van der Waals surface area contributed by atoms with Gasteiger partial charge in [-0.15, -0.1) is 0 Å². The molecule has 2 aliphatic rings. The van der Waals surface area contributed by atoms with Crippen molar-refractivity contribution in [1.82, 2.24) is 14.8 Å². The fourth-order valence-electron chi connectivity index (χ4n) is 6.05. The van der Waals surface area contributed by atoms with Crippen LogP contribution in [0, 0.1) is 11.7 Å². The SMILES string of the molecule is CC(=O)N1CCN(C(=O)C2(c3cccc(F)c3)CCCC2)C[C@@H](Cc2cncc3ccccc23)C1. The fourth-order valence-corrected chi connectivity index (χ4v) is 6.05. The normalized spacial score (nSPS) is 20.1. The summed E-state index contributed by atoms with van der Waals surface area (Å²) in [5, 5.41) is 2.25. The van der Waals surface area contributed by atoms with Gasteiger partial charge in [0, 0.05) is 50.9 Å². The van der Waals surface area contributed by atoms with Crippen molar-refractivity contribution < 1.29 is 14.0 Å². The van der Waals surface area contributed by atoms with E-state index in [0.717, 1.165) is 54.0 Å². The Morgan fingerprint density at radius 1 is 1.00 bits per heavy atom. The Morgan fingerprint density at radius 2 is 1.74 bits per heavy atom. The number of pyridine rings is 1. The lowest BCUT2D eigenvalue weighted by molar-refractivity contribution is -0.138. The summed E-state index contributed by atoms with van der Waals surface area (Å²) in [5.41, 5.74) is 1.23. The van der Waals surface area contributed by atoms with Crippen LogP contribution < -0.4 is 0 Å². The van der Waals surface area contributed by atoms with E-state index in [1.807, 2.05) is 40.4 Å². The molecule has 0 spiro atoms. The van der Waals surface area contributed by atoms with Gasteiger partial charge in [-0.2, -0.15) is 0 Å². The Morgan fingerprint density at radius 3 is 2.51 bits per heavy atom. The molecule has 0 unspecified atom stereocenters. The van der Waals surface area contributed by atoms with Gasteiger partial charge in [0.15, 0.2) is 0 Å². The Hall–Kier alpha value is -3.28. The number of hydrogen-bond donors (Lipinski definition) is 0. The van der Waals surface area contributed by atoms with Crippen molar-refractivity contribution in [2.75, 3.05) is 26.2 Å². The topological polar surface area (TPSA) is 53.5 Å². The van der Waals surface area contributed by atoms with Crippen molar-refractivity contribution >= 4 is 22.6 Å². The molecule has 0 bridgehead atoms. The quantitative estimate of drug-likeness (QED) is 0.550. The van der Waals surface area contributed by atoms with Crippen molar-refractivity contribution in [2.45, 2.75) is 44.4 Å². The first-order chi connectivity index (χ1) is 17.0. The lowest BCUT2D eigenvalue weighted by Gasteiger charge is -2.35. The predicted octanol–water partition coefficient (Wildman–Crippen LogP) is 4.74. The largest absolute Gasteiger partial charge is 0.341 e. The molecule has 3 aromatic rings. The molecule has 5 nitrogen and oxygen atoms in total. The van der Waals surface area contributed by atoms with Crippen molar-refractivity contribution in [3.05, 3.63) is 77.9 Å². The van der Waals surface area contributed by atoms with Crippen molar-refractivity contribution in [2.24, 2.45) is 5.92 Å². The Kier molecular flexibility index (Phi) is 6.54. The monoisotopic (exact) mass is 473 g/mol. The fraction of sp³-hybridized carbons (Fsp3) is 0.414. The van der Waals surface area contributed by atoms with Crippen LogP contribution in [0.3, 0.4) is 0 Å². The second-order valence-electron chi connectivity index (χ2n) is 10.1. The summed E-state index contributed by atoms with van der Waals surface area (Å²) >= 11 is 0. The number of benzene rings is 2. The number of fused-ring (bicyclic) bond motifs is 1. The highest BCUT2D eigenvalue weighted by molar-refractivity contribution is 5.89. The molecule has 1 saturated heterocycles. The van der Waals surface area contributed by atoms with E-state index in [4.69, 9.17) is 0 Å². The highest BCUT2D eigenvalue weighted by Gasteiger charge is 2.46. The molecule has 35 heavy (non-hydrogen) atoms. The number of nitrogens with zero attached hydrogens (tertiary/aromatic N) is 3. The maximum absolute atomic E-state index is 14.2. The first-order valence-electron chi connectivity index (χ1n) is 12.6. The van der Waals surface area contributed by atoms with Gasteiger partial charge in [0.1, 0.15) is 5.82 Å². The summed E-state index contributed by atoms with van der Waals surface area (Å²) in [4.78, 5) is 34.8. The van der Waals surface area contributed by atoms with Crippen LogP contribution in [0.5, 0.6) is 0 Å². The van der Waals surface area contributed by atoms with Gasteiger partial charge in [0.2, 0.25) is 11.8 Å². The number of halogens is 1. The highest BCUT2D eigenvalue weighted by Crippen LogP contribution is 2.43. The summed E-state index contributed by atoms with van der Waals surface area (Å²) in [5.74, 6) is -0.112. The molecule has 2 fully saturated rings. The van der Waals surface area contributed by atoms with Gasteiger partial charge in [-0.25, -0.2) is 4.39 Å². The zero-order valence-electron chi connectivity index (χ0n) is 20.3. The number of rotatable bonds is 4. The molecule has 0 radical (unpaired) electrons. The third-order valence-corrected chi connectivity index (χ3v) is 7.83. The smallest absolute Gasteiger partial charge is 0.233 e. The van der Waals surface area contributed by atoms with Crippen LogP contribution in [0.25, 0.3) is 10.8 Å². The standard InChI is InChI=1S/C29H32FN3O2/c1-21(34)32-13-14-33(28(35)29(11-4-5-12-29)25-8-6-9-26(30)16-25)20-22(19-32)15-24-18-31-17-23-7-2-3-10-27(23)24/h2-3,6-10,16-18,22H,4-5,11-15,19-20H2,1H3/t22-/m0/s1. The van der Waals surface area contributed by atoms with E-state index in [2.05, 4.69) is 17.1 Å². The molecule has 0 N–H and O–H groups in total. The molecule has 1 atom stereocenters. The van der Waals surface area contributed by atoms with Crippen molar-refractivity contribution in [3.8, 4) is 0 Å². The molecular weight excluding hydrogens is 441 g/mol. The van der Waals surface area contributed by atoms with Gasteiger partial charge in [0.05, 0.1) is 5.41 Å². The lowest BCUT2D eigenvalue weighted by Crippen LogP contribution is -2.48. The van der Waals surface area contributed by atoms with Crippen LogP contribution in [-0.2, 0) is 21.4 Å². The summed E-state index contributed by atoms with van der Waals surface area (Å²) in [6.07, 6.45) is 7.89. The minimum atomic E-state index is -0.682. The van der Waals surface area contributed by atoms with E-state index >= 15 is 0 Å². The van der Waals surface area contributed by atoms with Crippen LogP contribution >= 0.6 is 0 Å². The van der Waals surface area contributed by atoms with E-state index in [0.29, 0.717) is 26.2 Å². The lowest BCUT2D eigenvalue weighted by atomic mass is 9.77. The average molecular weight is 474 g/mol. The van der Waals surface area contributed by atoms with E-state index in [9.17, 15) is 14.0 Å². The third-order valence-electron chi connectivity index (χ3n) is 7.83. The summed E-state index contributed by atoms with van der Waals surface area (Å²) in [7, 11) is 0. The number of carbonyl (C=O) groups is 2. The van der Waals surface area contributed by atoms with E-state index in [1.54, 1.807) is 13.0 Å². The van der Waals surface area contributed by atoms with Crippen LogP contribution in [0.2, 0.25) is 0 Å². The third kappa shape index (κ3) is 4.66. The summed E-state index contributed by atoms with van der Waals surface area (Å²) in [6, 6.07) is 14.7. The van der Waals surface area contributed by atoms with Crippen molar-refractivity contribution in [1.29, 1.82) is 0 Å². The molecule has 2 amide bonds. The first kappa shape index (κ1) is 23.5. The number of aromatic nitrogens is 1. The Labute approximate surface area is 205 Å². The average Bonchev–Trinajstić information content (AvgIpc) is 3.27. The van der Waals surface area contributed by atoms with Gasteiger partial charge >= 0.3 is 0 Å². The van der Waals surface area contributed by atoms with E-state index in [1.165, 1.54) is 12.1 Å². The zero-order chi connectivity index (χ0) is 24.4. The van der Waals surface area contributed by atoms with E-state index < -0.39 is 5.41 Å². The molecule has 1 saturated carbocycles.